The largest absolute Gasteiger partial charge is 0.465 e. The minimum atomic E-state index is -0.404. The maximum Gasteiger partial charge on any atom is 0.337 e. The lowest BCUT2D eigenvalue weighted by Crippen LogP contribution is -2.14. The Kier molecular flexibility index (Phi) is 5.18. The second-order valence-corrected chi connectivity index (χ2v) is 4.26. The average molecular weight is 273 g/mol. The lowest BCUT2D eigenvalue weighted by atomic mass is 10.2. The van der Waals surface area contributed by atoms with Gasteiger partial charge in [0.05, 0.1) is 28.4 Å². The van der Waals surface area contributed by atoms with E-state index in [1.807, 2.05) is 0 Å². The van der Waals surface area contributed by atoms with Gasteiger partial charge < -0.3 is 15.8 Å². The minimum Gasteiger partial charge on any atom is -0.465 e. The van der Waals surface area contributed by atoms with Crippen molar-refractivity contribution < 1.29 is 9.53 Å². The van der Waals surface area contributed by atoms with E-state index in [4.69, 9.17) is 29.6 Å². The Balaban J connectivity index is 2.76. The van der Waals surface area contributed by atoms with E-state index in [2.05, 4.69) is 10.1 Å². The Morgan fingerprint density at radius 1 is 1.59 bits per heavy atom. The van der Waals surface area contributed by atoms with Crippen molar-refractivity contribution in [2.45, 2.75) is 6.42 Å². The number of anilines is 1. The van der Waals surface area contributed by atoms with Crippen LogP contribution in [-0.4, -0.2) is 24.6 Å². The highest BCUT2D eigenvalue weighted by Crippen LogP contribution is 2.23. The third-order valence-corrected chi connectivity index (χ3v) is 2.61. The molecule has 17 heavy (non-hydrogen) atoms. The molecule has 0 saturated heterocycles. The third kappa shape index (κ3) is 4.20. The van der Waals surface area contributed by atoms with E-state index < -0.39 is 5.97 Å². The van der Waals surface area contributed by atoms with E-state index in [1.54, 1.807) is 18.2 Å². The number of esters is 1. The van der Waals surface area contributed by atoms with E-state index in [9.17, 15) is 4.79 Å². The second-order valence-electron chi connectivity index (χ2n) is 3.33. The van der Waals surface area contributed by atoms with Gasteiger partial charge in [-0.2, -0.15) is 0 Å². The Bertz CT molecular complexity index is 437. The van der Waals surface area contributed by atoms with Gasteiger partial charge in [-0.1, -0.05) is 23.8 Å². The standard InChI is InChI=1S/C11H13ClN2O2S/c1-16-11(15)7-2-3-8(12)9(6-7)14-5-4-10(13)17/h2-3,6,14H,4-5H2,1H3,(H2,13,17). The topological polar surface area (TPSA) is 64.3 Å². The Labute approximate surface area is 110 Å². The van der Waals surface area contributed by atoms with Crippen molar-refractivity contribution >= 4 is 40.5 Å². The van der Waals surface area contributed by atoms with Crippen LogP contribution >= 0.6 is 23.8 Å². The second kappa shape index (κ2) is 6.42. The summed E-state index contributed by atoms with van der Waals surface area (Å²) in [7, 11) is 1.33. The number of methoxy groups -OCH3 is 1. The highest BCUT2D eigenvalue weighted by Gasteiger charge is 2.08. The van der Waals surface area contributed by atoms with Crippen LogP contribution in [0.4, 0.5) is 5.69 Å². The fraction of sp³-hybridized carbons (Fsp3) is 0.273. The van der Waals surface area contributed by atoms with Gasteiger partial charge in [0.25, 0.3) is 0 Å². The number of rotatable bonds is 5. The summed E-state index contributed by atoms with van der Waals surface area (Å²) in [6.07, 6.45) is 0.564. The molecule has 0 aromatic heterocycles. The first-order valence-corrected chi connectivity index (χ1v) is 5.73. The first-order valence-electron chi connectivity index (χ1n) is 4.94. The number of hydrogen-bond acceptors (Lipinski definition) is 4. The van der Waals surface area contributed by atoms with Gasteiger partial charge in [-0.05, 0) is 18.2 Å². The number of carbonyl (C=O) groups is 1. The first kappa shape index (κ1) is 13.7. The number of ether oxygens (including phenoxy) is 1. The molecule has 3 N–H and O–H groups in total. The highest BCUT2D eigenvalue weighted by molar-refractivity contribution is 7.80. The van der Waals surface area contributed by atoms with Crippen LogP contribution in [0.1, 0.15) is 16.8 Å². The number of benzene rings is 1. The van der Waals surface area contributed by atoms with E-state index in [1.165, 1.54) is 7.11 Å². The quantitative estimate of drug-likeness (QED) is 0.636. The molecule has 0 amide bonds. The van der Waals surface area contributed by atoms with E-state index in [0.717, 1.165) is 0 Å². The minimum absolute atomic E-state index is 0.404. The van der Waals surface area contributed by atoms with Gasteiger partial charge in [0.2, 0.25) is 0 Å². The molecule has 0 saturated carbocycles. The SMILES string of the molecule is COC(=O)c1ccc(Cl)c(NCCC(N)=S)c1. The average Bonchev–Trinajstić information content (AvgIpc) is 2.30. The first-order chi connectivity index (χ1) is 8.04. The predicted octanol–water partition coefficient (Wildman–Crippen LogP) is 2.21. The van der Waals surface area contributed by atoms with Crippen molar-refractivity contribution in [3.63, 3.8) is 0 Å². The summed E-state index contributed by atoms with van der Waals surface area (Å²) in [6, 6.07) is 4.87. The fourth-order valence-corrected chi connectivity index (χ4v) is 1.51. The summed E-state index contributed by atoms with van der Waals surface area (Å²) in [6.45, 7) is 0.569. The van der Waals surface area contributed by atoms with Gasteiger partial charge in [-0.25, -0.2) is 4.79 Å². The van der Waals surface area contributed by atoms with Crippen LogP contribution in [0, 0.1) is 0 Å². The van der Waals surface area contributed by atoms with Gasteiger partial charge in [0.1, 0.15) is 0 Å². The molecule has 1 rings (SSSR count). The molecule has 0 atom stereocenters. The van der Waals surface area contributed by atoms with Gasteiger partial charge in [-0.3, -0.25) is 0 Å². The highest BCUT2D eigenvalue weighted by atomic mass is 35.5. The molecule has 92 valence electrons. The molecule has 0 aliphatic heterocycles. The molecule has 0 heterocycles. The predicted molar refractivity (Wildman–Crippen MR) is 72.7 cm³/mol. The molecule has 0 fully saturated rings. The number of thiocarbonyl (C=S) groups is 1. The van der Waals surface area contributed by atoms with Crippen molar-refractivity contribution in [2.24, 2.45) is 5.73 Å². The van der Waals surface area contributed by atoms with E-state index >= 15 is 0 Å². The van der Waals surface area contributed by atoms with Crippen LogP contribution < -0.4 is 11.1 Å². The zero-order chi connectivity index (χ0) is 12.8. The van der Waals surface area contributed by atoms with Crippen LogP contribution in [-0.2, 0) is 4.74 Å². The van der Waals surface area contributed by atoms with Crippen molar-refractivity contribution in [2.75, 3.05) is 19.0 Å². The molecule has 0 radical (unpaired) electrons. The summed E-state index contributed by atoms with van der Waals surface area (Å²) < 4.78 is 4.62. The van der Waals surface area contributed by atoms with E-state index in [-0.39, 0.29) is 0 Å². The smallest absolute Gasteiger partial charge is 0.337 e. The molecule has 0 spiro atoms. The van der Waals surface area contributed by atoms with Gasteiger partial charge in [0, 0.05) is 13.0 Å². The molecule has 6 heteroatoms. The van der Waals surface area contributed by atoms with Crippen molar-refractivity contribution in [3.8, 4) is 0 Å². The van der Waals surface area contributed by atoms with Crippen LogP contribution in [0.5, 0.6) is 0 Å². The van der Waals surface area contributed by atoms with Crippen LogP contribution in [0.25, 0.3) is 0 Å². The number of nitrogens with two attached hydrogens (primary N) is 1. The lowest BCUT2D eigenvalue weighted by Gasteiger charge is -2.09. The molecule has 0 aliphatic rings. The normalized spacial score (nSPS) is 9.76. The van der Waals surface area contributed by atoms with E-state index in [0.29, 0.717) is 34.2 Å². The number of nitrogens with one attached hydrogen (secondary N) is 1. The molecule has 4 nitrogen and oxygen atoms in total. The zero-order valence-electron chi connectivity index (χ0n) is 9.33. The molecule has 1 aromatic carbocycles. The molecule has 0 bridgehead atoms. The van der Waals surface area contributed by atoms with Gasteiger partial charge >= 0.3 is 5.97 Å². The molecular formula is C11H13ClN2O2S. The molecule has 1 aromatic rings. The maximum atomic E-state index is 11.3. The van der Waals surface area contributed by atoms with Crippen molar-refractivity contribution in [1.29, 1.82) is 0 Å². The number of carbonyl (C=O) groups excluding carboxylic acids is 1. The van der Waals surface area contributed by atoms with Gasteiger partial charge in [0.15, 0.2) is 0 Å². The molecular weight excluding hydrogens is 260 g/mol. The lowest BCUT2D eigenvalue weighted by molar-refractivity contribution is 0.0601. The Hall–Kier alpha value is -1.33. The summed E-state index contributed by atoms with van der Waals surface area (Å²) in [5.41, 5.74) is 6.48. The monoisotopic (exact) mass is 272 g/mol. The fourth-order valence-electron chi connectivity index (χ4n) is 1.23. The van der Waals surface area contributed by atoms with Crippen molar-refractivity contribution in [3.05, 3.63) is 28.8 Å². The molecule has 0 aliphatic carbocycles. The summed E-state index contributed by atoms with van der Waals surface area (Å²) in [5, 5.41) is 3.58. The third-order valence-electron chi connectivity index (χ3n) is 2.07. The van der Waals surface area contributed by atoms with Crippen molar-refractivity contribution in [1.82, 2.24) is 0 Å². The summed E-state index contributed by atoms with van der Waals surface area (Å²) >= 11 is 10.7. The summed E-state index contributed by atoms with van der Waals surface area (Å²) in [4.78, 5) is 11.8. The Morgan fingerprint density at radius 3 is 2.88 bits per heavy atom. The Morgan fingerprint density at radius 2 is 2.29 bits per heavy atom. The molecule has 0 unspecified atom stereocenters. The van der Waals surface area contributed by atoms with Crippen LogP contribution in [0.15, 0.2) is 18.2 Å². The van der Waals surface area contributed by atoms with Crippen LogP contribution in [0.2, 0.25) is 5.02 Å². The summed E-state index contributed by atoms with van der Waals surface area (Å²) in [5.74, 6) is -0.404. The van der Waals surface area contributed by atoms with Crippen LogP contribution in [0.3, 0.4) is 0 Å². The number of hydrogen-bond donors (Lipinski definition) is 2. The number of halogens is 1. The zero-order valence-corrected chi connectivity index (χ0v) is 10.9. The maximum absolute atomic E-state index is 11.3. The van der Waals surface area contributed by atoms with Gasteiger partial charge in [-0.15, -0.1) is 0 Å².